The van der Waals surface area contributed by atoms with Crippen molar-refractivity contribution in [2.24, 2.45) is 0 Å². The van der Waals surface area contributed by atoms with E-state index in [0.29, 0.717) is 18.8 Å². The molecule has 1 aromatic heterocycles. The number of rotatable bonds is 4. The van der Waals surface area contributed by atoms with Gasteiger partial charge in [-0.05, 0) is 40.8 Å². The van der Waals surface area contributed by atoms with Gasteiger partial charge in [0.2, 0.25) is 5.91 Å². The molecule has 4 nitrogen and oxygen atoms in total. The Hall–Kier alpha value is -0.820. The number of fused-ring (bicyclic) bond motifs is 1. The zero-order chi connectivity index (χ0) is 14.0. The molecule has 0 unspecified atom stereocenters. The number of nitrogens with zero attached hydrogens (tertiary/aromatic N) is 3. The monoisotopic (exact) mass is 391 g/mol. The van der Waals surface area contributed by atoms with Gasteiger partial charge in [0.05, 0.1) is 11.0 Å². The molecular weight excluding hydrogens is 377 g/mol. The minimum atomic E-state index is 0.0497. The zero-order valence-corrected chi connectivity index (χ0v) is 13.8. The van der Waals surface area contributed by atoms with Gasteiger partial charge in [-0.1, -0.05) is 0 Å². The fraction of sp³-hybridized carbons (Fsp3) is 0.385. The van der Waals surface area contributed by atoms with Crippen LogP contribution < -0.4 is 0 Å². The predicted molar refractivity (Wildman–Crippen MR) is 85.6 cm³/mol. The van der Waals surface area contributed by atoms with Crippen LogP contribution in [0.15, 0.2) is 18.2 Å². The van der Waals surface area contributed by atoms with E-state index >= 15 is 0 Å². The van der Waals surface area contributed by atoms with Crippen molar-refractivity contribution in [3.63, 3.8) is 0 Å². The van der Waals surface area contributed by atoms with E-state index < -0.39 is 0 Å². The molecule has 2 aromatic rings. The molecule has 0 radical (unpaired) electrons. The van der Waals surface area contributed by atoms with E-state index in [9.17, 15) is 4.79 Å². The highest BCUT2D eigenvalue weighted by Crippen LogP contribution is 2.20. The van der Waals surface area contributed by atoms with E-state index in [1.54, 1.807) is 19.0 Å². The Balaban J connectivity index is 2.48. The number of alkyl halides is 1. The number of likely N-dealkylation sites (N-methyl/N-ethyl adjacent to an activating group) is 1. The predicted octanol–water partition coefficient (Wildman–Crippen LogP) is 2.51. The third-order valence-electron chi connectivity index (χ3n) is 2.90. The Morgan fingerprint density at radius 2 is 2.21 bits per heavy atom. The number of hydrogen-bond acceptors (Lipinski definition) is 2. The van der Waals surface area contributed by atoms with Crippen molar-refractivity contribution in [3.8, 4) is 0 Å². The van der Waals surface area contributed by atoms with E-state index in [1.807, 2.05) is 22.8 Å². The number of aryl methyl sites for hydroxylation is 1. The molecule has 0 spiro atoms. The van der Waals surface area contributed by atoms with Crippen LogP contribution in [0.1, 0.15) is 5.82 Å². The standard InChI is InChI=1S/C13H15ClIN3O/c1-17(2)13(19)8-18-11-4-3-9(15)7-10(11)16-12(18)5-6-14/h3-4,7H,5-6,8H2,1-2H3. The molecule has 1 heterocycles. The Labute approximate surface area is 130 Å². The number of hydrogen-bond donors (Lipinski definition) is 0. The smallest absolute Gasteiger partial charge is 0.242 e. The molecule has 0 saturated heterocycles. The Kier molecular flexibility index (Phi) is 4.67. The van der Waals surface area contributed by atoms with E-state index in [4.69, 9.17) is 11.6 Å². The van der Waals surface area contributed by atoms with E-state index in [1.165, 1.54) is 0 Å². The highest BCUT2D eigenvalue weighted by atomic mass is 127. The molecule has 0 saturated carbocycles. The van der Waals surface area contributed by atoms with Gasteiger partial charge in [-0.2, -0.15) is 0 Å². The summed E-state index contributed by atoms with van der Waals surface area (Å²) in [5, 5.41) is 0. The van der Waals surface area contributed by atoms with Crippen LogP contribution in [0.5, 0.6) is 0 Å². The Morgan fingerprint density at radius 3 is 2.84 bits per heavy atom. The second-order valence-corrected chi connectivity index (χ2v) is 6.10. The number of imidazole rings is 1. The van der Waals surface area contributed by atoms with Gasteiger partial charge in [0.25, 0.3) is 0 Å². The van der Waals surface area contributed by atoms with Gasteiger partial charge in [0.15, 0.2) is 0 Å². The lowest BCUT2D eigenvalue weighted by molar-refractivity contribution is -0.129. The molecule has 2 rings (SSSR count). The fourth-order valence-corrected chi connectivity index (χ4v) is 2.53. The van der Waals surface area contributed by atoms with Crippen molar-refractivity contribution in [2.45, 2.75) is 13.0 Å². The summed E-state index contributed by atoms with van der Waals surface area (Å²) >= 11 is 8.07. The lowest BCUT2D eigenvalue weighted by Crippen LogP contribution is -2.27. The lowest BCUT2D eigenvalue weighted by atomic mass is 10.3. The Morgan fingerprint density at radius 1 is 1.47 bits per heavy atom. The van der Waals surface area contributed by atoms with E-state index in [2.05, 4.69) is 27.6 Å². The van der Waals surface area contributed by atoms with E-state index in [0.717, 1.165) is 20.4 Å². The van der Waals surface area contributed by atoms with Crippen molar-refractivity contribution in [2.75, 3.05) is 20.0 Å². The number of carbonyl (C=O) groups excluding carboxylic acids is 1. The summed E-state index contributed by atoms with van der Waals surface area (Å²) in [6, 6.07) is 6.04. The van der Waals surface area contributed by atoms with Crippen LogP contribution in [0, 0.1) is 3.57 Å². The highest BCUT2D eigenvalue weighted by Gasteiger charge is 2.14. The molecule has 6 heteroatoms. The summed E-state index contributed by atoms with van der Waals surface area (Å²) in [5.74, 6) is 1.41. The molecule has 1 amide bonds. The molecular formula is C13H15ClIN3O. The van der Waals surface area contributed by atoms with Gasteiger partial charge < -0.3 is 9.47 Å². The molecule has 19 heavy (non-hydrogen) atoms. The normalized spacial score (nSPS) is 10.9. The quantitative estimate of drug-likeness (QED) is 0.593. The van der Waals surface area contributed by atoms with Gasteiger partial charge in [-0.15, -0.1) is 11.6 Å². The minimum absolute atomic E-state index is 0.0497. The largest absolute Gasteiger partial charge is 0.347 e. The third-order valence-corrected chi connectivity index (χ3v) is 3.76. The van der Waals surface area contributed by atoms with Crippen molar-refractivity contribution >= 4 is 51.1 Å². The zero-order valence-electron chi connectivity index (χ0n) is 10.9. The van der Waals surface area contributed by atoms with Gasteiger partial charge in [-0.25, -0.2) is 4.98 Å². The van der Waals surface area contributed by atoms with E-state index in [-0.39, 0.29) is 5.91 Å². The second-order valence-electron chi connectivity index (χ2n) is 4.47. The molecule has 0 fully saturated rings. The number of aromatic nitrogens is 2. The molecule has 1 aromatic carbocycles. The third kappa shape index (κ3) is 3.20. The summed E-state index contributed by atoms with van der Waals surface area (Å²) in [4.78, 5) is 18.1. The number of carbonyl (C=O) groups is 1. The van der Waals surface area contributed by atoms with Crippen LogP contribution in [-0.2, 0) is 17.8 Å². The number of halogens is 2. The van der Waals surface area contributed by atoms with Crippen LogP contribution in [0.25, 0.3) is 11.0 Å². The second kappa shape index (κ2) is 6.09. The summed E-state index contributed by atoms with van der Waals surface area (Å²) in [6.45, 7) is 0.302. The maximum Gasteiger partial charge on any atom is 0.242 e. The highest BCUT2D eigenvalue weighted by molar-refractivity contribution is 14.1. The summed E-state index contributed by atoms with van der Waals surface area (Å²) in [6.07, 6.45) is 0.660. The lowest BCUT2D eigenvalue weighted by Gasteiger charge is -2.13. The van der Waals surface area contributed by atoms with Gasteiger partial charge >= 0.3 is 0 Å². The van der Waals surface area contributed by atoms with Gasteiger partial charge in [-0.3, -0.25) is 4.79 Å². The first-order valence-corrected chi connectivity index (χ1v) is 7.55. The molecule has 102 valence electrons. The topological polar surface area (TPSA) is 38.1 Å². The van der Waals surface area contributed by atoms with Gasteiger partial charge in [0.1, 0.15) is 12.4 Å². The Bertz CT molecular complexity index is 609. The van der Waals surface area contributed by atoms with Crippen LogP contribution in [0.2, 0.25) is 0 Å². The maximum absolute atomic E-state index is 11.9. The summed E-state index contributed by atoms with van der Waals surface area (Å²) in [5.41, 5.74) is 1.90. The van der Waals surface area contributed by atoms with Crippen molar-refractivity contribution in [3.05, 3.63) is 27.6 Å². The molecule has 0 bridgehead atoms. The van der Waals surface area contributed by atoms with Crippen LogP contribution >= 0.6 is 34.2 Å². The van der Waals surface area contributed by atoms with Crippen molar-refractivity contribution in [1.82, 2.24) is 14.5 Å². The first-order valence-electron chi connectivity index (χ1n) is 5.93. The SMILES string of the molecule is CN(C)C(=O)Cn1c(CCCl)nc2cc(I)ccc21. The summed E-state index contributed by atoms with van der Waals surface area (Å²) < 4.78 is 3.09. The number of benzene rings is 1. The molecule has 0 aliphatic rings. The van der Waals surface area contributed by atoms with Crippen molar-refractivity contribution in [1.29, 1.82) is 0 Å². The number of amides is 1. The first kappa shape index (κ1) is 14.6. The van der Waals surface area contributed by atoms with Gasteiger partial charge in [0, 0.05) is 30.0 Å². The van der Waals surface area contributed by atoms with Crippen LogP contribution in [0.3, 0.4) is 0 Å². The fourth-order valence-electron chi connectivity index (χ4n) is 1.88. The maximum atomic E-state index is 11.9. The van der Waals surface area contributed by atoms with Crippen LogP contribution in [0.4, 0.5) is 0 Å². The molecule has 0 atom stereocenters. The molecule has 0 N–H and O–H groups in total. The van der Waals surface area contributed by atoms with Crippen molar-refractivity contribution < 1.29 is 4.79 Å². The minimum Gasteiger partial charge on any atom is -0.347 e. The first-order chi connectivity index (χ1) is 9.02. The average Bonchev–Trinajstić information content (AvgIpc) is 2.67. The molecule has 0 aliphatic carbocycles. The summed E-state index contributed by atoms with van der Waals surface area (Å²) in [7, 11) is 3.51. The average molecular weight is 392 g/mol. The van der Waals surface area contributed by atoms with Crippen LogP contribution in [-0.4, -0.2) is 40.3 Å². The molecule has 0 aliphatic heterocycles.